The van der Waals surface area contributed by atoms with E-state index in [-0.39, 0.29) is 5.69 Å². The van der Waals surface area contributed by atoms with Crippen LogP contribution in [0.3, 0.4) is 0 Å². The van der Waals surface area contributed by atoms with E-state index >= 15 is 0 Å². The normalized spacial score (nSPS) is 9.75. The third kappa shape index (κ3) is 0.538. The Balaban J connectivity index is 3.19. The summed E-state index contributed by atoms with van der Waals surface area (Å²) in [4.78, 5) is 0. The molecule has 0 aliphatic heterocycles. The molecule has 0 unspecified atom stereocenters. The number of hydrogen-bond donors (Lipinski definition) is 1. The number of hydrogen-bond acceptors (Lipinski definition) is 2. The lowest BCUT2D eigenvalue weighted by Crippen LogP contribution is -1.94. The molecular weight excluding hydrogens is 109 g/mol. The summed E-state index contributed by atoms with van der Waals surface area (Å²) in [5, 5.41) is 3.53. The monoisotopic (exact) mass is 115 g/mol. The Hall–Kier alpha value is -1.06. The predicted molar refractivity (Wildman–Crippen MR) is 27.6 cm³/mol. The Bertz CT molecular complexity index is 174. The van der Waals surface area contributed by atoms with Crippen LogP contribution in [0.1, 0.15) is 0 Å². The molecule has 0 aliphatic rings. The largest absolute Gasteiger partial charge is 0.394 e. The van der Waals surface area contributed by atoms with Gasteiger partial charge in [0.25, 0.3) is 0 Å². The molecule has 0 saturated heterocycles. The lowest BCUT2D eigenvalue weighted by molar-refractivity contribution is 0.507. The molecule has 0 radical (unpaired) electrons. The second kappa shape index (κ2) is 1.47. The highest BCUT2D eigenvalue weighted by Gasteiger charge is 1.99. The Morgan fingerprint density at radius 1 is 1.88 bits per heavy atom. The number of nitrogens with zero attached hydrogens (tertiary/aromatic N) is 2. The second-order valence-electron chi connectivity index (χ2n) is 1.51. The van der Waals surface area contributed by atoms with Crippen molar-refractivity contribution in [3.63, 3.8) is 0 Å². The maximum Gasteiger partial charge on any atom is 0.234 e. The minimum Gasteiger partial charge on any atom is -0.394 e. The van der Waals surface area contributed by atoms with E-state index in [2.05, 4.69) is 5.10 Å². The molecule has 2 N–H and O–H groups in total. The zero-order valence-corrected chi connectivity index (χ0v) is 4.43. The summed E-state index contributed by atoms with van der Waals surface area (Å²) in [6, 6.07) is 0. The average molecular weight is 115 g/mol. The fourth-order valence-corrected chi connectivity index (χ4v) is 0.440. The molecule has 1 aromatic heterocycles. The summed E-state index contributed by atoms with van der Waals surface area (Å²) < 4.78 is 13.3. The SMILES string of the molecule is Cn1ncc(N)c1F. The molecule has 1 rings (SSSR count). The molecule has 0 amide bonds. The Morgan fingerprint density at radius 3 is 2.62 bits per heavy atom. The van der Waals surface area contributed by atoms with Crippen molar-refractivity contribution in [3.8, 4) is 0 Å². The third-order valence-corrected chi connectivity index (χ3v) is 0.892. The van der Waals surface area contributed by atoms with Gasteiger partial charge in [-0.1, -0.05) is 0 Å². The molecule has 44 valence electrons. The predicted octanol–water partition coefficient (Wildman–Crippen LogP) is 0.141. The van der Waals surface area contributed by atoms with E-state index in [1.807, 2.05) is 0 Å². The number of aryl methyl sites for hydroxylation is 1. The maximum atomic E-state index is 12.3. The number of aromatic nitrogens is 2. The molecule has 0 aromatic carbocycles. The molecule has 0 spiro atoms. The van der Waals surface area contributed by atoms with Crippen molar-refractivity contribution in [1.29, 1.82) is 0 Å². The van der Waals surface area contributed by atoms with E-state index in [9.17, 15) is 4.39 Å². The van der Waals surface area contributed by atoms with Gasteiger partial charge in [0.2, 0.25) is 5.95 Å². The fourth-order valence-electron chi connectivity index (χ4n) is 0.440. The first-order valence-electron chi connectivity index (χ1n) is 2.15. The summed E-state index contributed by atoms with van der Waals surface area (Å²) >= 11 is 0. The van der Waals surface area contributed by atoms with Crippen LogP contribution in [0.5, 0.6) is 0 Å². The van der Waals surface area contributed by atoms with Gasteiger partial charge in [-0.05, 0) is 0 Å². The van der Waals surface area contributed by atoms with E-state index in [0.717, 1.165) is 4.68 Å². The van der Waals surface area contributed by atoms with E-state index in [0.29, 0.717) is 0 Å². The van der Waals surface area contributed by atoms with Gasteiger partial charge >= 0.3 is 0 Å². The van der Waals surface area contributed by atoms with E-state index < -0.39 is 5.95 Å². The molecule has 0 aliphatic carbocycles. The smallest absolute Gasteiger partial charge is 0.234 e. The molecule has 3 nitrogen and oxygen atoms in total. The first kappa shape index (κ1) is 5.08. The van der Waals surface area contributed by atoms with Crippen LogP contribution in [0.25, 0.3) is 0 Å². The topological polar surface area (TPSA) is 43.8 Å². The summed E-state index contributed by atoms with van der Waals surface area (Å²) in [7, 11) is 1.49. The van der Waals surface area contributed by atoms with Crippen molar-refractivity contribution in [3.05, 3.63) is 12.1 Å². The highest BCUT2D eigenvalue weighted by Crippen LogP contribution is 2.03. The fraction of sp³-hybridized carbons (Fsp3) is 0.250. The molecule has 0 atom stereocenters. The van der Waals surface area contributed by atoms with Gasteiger partial charge in [-0.25, -0.2) is 4.68 Å². The van der Waals surface area contributed by atoms with Crippen LogP contribution >= 0.6 is 0 Å². The second-order valence-corrected chi connectivity index (χ2v) is 1.51. The number of anilines is 1. The third-order valence-electron chi connectivity index (χ3n) is 0.892. The van der Waals surface area contributed by atoms with Gasteiger partial charge in [0.15, 0.2) is 0 Å². The Labute approximate surface area is 45.9 Å². The maximum absolute atomic E-state index is 12.3. The average Bonchev–Trinajstić information content (AvgIpc) is 1.98. The van der Waals surface area contributed by atoms with Crippen LogP contribution in [-0.2, 0) is 7.05 Å². The summed E-state index contributed by atoms with van der Waals surface area (Å²) in [6.45, 7) is 0. The van der Waals surface area contributed by atoms with E-state index in [1.165, 1.54) is 13.2 Å². The molecule has 1 heterocycles. The first-order chi connectivity index (χ1) is 3.72. The Kier molecular flexibility index (Phi) is 0.932. The summed E-state index contributed by atoms with van der Waals surface area (Å²) in [5.74, 6) is -0.481. The molecular formula is C4H6FN3. The number of nitrogens with two attached hydrogens (primary N) is 1. The zero-order chi connectivity index (χ0) is 6.15. The standard InChI is InChI=1S/C4H6FN3/c1-8-4(5)3(6)2-7-8/h2H,6H2,1H3. The van der Waals surface area contributed by atoms with Gasteiger partial charge in [-0.3, -0.25) is 0 Å². The molecule has 0 saturated carbocycles. The van der Waals surface area contributed by atoms with Crippen molar-refractivity contribution in [1.82, 2.24) is 9.78 Å². The molecule has 8 heavy (non-hydrogen) atoms. The van der Waals surface area contributed by atoms with Gasteiger partial charge in [-0.2, -0.15) is 9.49 Å². The molecule has 0 fully saturated rings. The highest BCUT2D eigenvalue weighted by molar-refractivity contribution is 5.32. The van der Waals surface area contributed by atoms with Crippen LogP contribution in [-0.4, -0.2) is 9.78 Å². The van der Waals surface area contributed by atoms with Gasteiger partial charge < -0.3 is 5.73 Å². The van der Waals surface area contributed by atoms with Crippen molar-refractivity contribution < 1.29 is 4.39 Å². The van der Waals surface area contributed by atoms with Crippen LogP contribution in [0.4, 0.5) is 10.1 Å². The molecule has 1 aromatic rings. The minimum atomic E-state index is -0.481. The van der Waals surface area contributed by atoms with Gasteiger partial charge in [0.1, 0.15) is 5.69 Å². The van der Waals surface area contributed by atoms with Crippen molar-refractivity contribution in [2.24, 2.45) is 7.05 Å². The summed E-state index contributed by atoms with van der Waals surface area (Å²) in [6.07, 6.45) is 1.27. The first-order valence-corrected chi connectivity index (χ1v) is 2.15. The quantitative estimate of drug-likeness (QED) is 0.522. The number of halogens is 1. The zero-order valence-electron chi connectivity index (χ0n) is 4.43. The minimum absolute atomic E-state index is 0.0903. The molecule has 4 heteroatoms. The van der Waals surface area contributed by atoms with Crippen LogP contribution in [0.2, 0.25) is 0 Å². The summed E-state index contributed by atoms with van der Waals surface area (Å²) in [5.41, 5.74) is 5.17. The van der Waals surface area contributed by atoms with Crippen LogP contribution in [0, 0.1) is 5.95 Å². The van der Waals surface area contributed by atoms with Crippen molar-refractivity contribution in [2.75, 3.05) is 5.73 Å². The number of rotatable bonds is 0. The van der Waals surface area contributed by atoms with Gasteiger partial charge in [-0.15, -0.1) is 0 Å². The van der Waals surface area contributed by atoms with Gasteiger partial charge in [0.05, 0.1) is 6.20 Å². The highest BCUT2D eigenvalue weighted by atomic mass is 19.1. The lowest BCUT2D eigenvalue weighted by atomic mass is 10.6. The Morgan fingerprint density at radius 2 is 2.50 bits per heavy atom. The van der Waals surface area contributed by atoms with E-state index in [4.69, 9.17) is 5.73 Å². The van der Waals surface area contributed by atoms with Crippen LogP contribution < -0.4 is 5.73 Å². The van der Waals surface area contributed by atoms with E-state index in [1.54, 1.807) is 0 Å². The van der Waals surface area contributed by atoms with Crippen LogP contribution in [0.15, 0.2) is 6.20 Å². The van der Waals surface area contributed by atoms with Crippen molar-refractivity contribution in [2.45, 2.75) is 0 Å². The lowest BCUT2D eigenvalue weighted by Gasteiger charge is -1.85. The number of nitrogen functional groups attached to an aromatic ring is 1. The van der Waals surface area contributed by atoms with Crippen molar-refractivity contribution >= 4 is 5.69 Å². The molecule has 0 bridgehead atoms. The van der Waals surface area contributed by atoms with Gasteiger partial charge in [0, 0.05) is 7.05 Å².